The van der Waals surface area contributed by atoms with Crippen LogP contribution in [0.5, 0.6) is 0 Å². The Balaban J connectivity index is 2.91. The lowest BCUT2D eigenvalue weighted by Crippen LogP contribution is -1.89. The van der Waals surface area contributed by atoms with Crippen molar-refractivity contribution in [1.29, 1.82) is 0 Å². The van der Waals surface area contributed by atoms with Crippen molar-refractivity contribution in [3.63, 3.8) is 0 Å². The van der Waals surface area contributed by atoms with Gasteiger partial charge in [-0.3, -0.25) is 4.99 Å². The fourth-order valence-electron chi connectivity index (χ4n) is 1.15. The first-order valence-electron chi connectivity index (χ1n) is 3.89. The molecule has 0 N–H and O–H groups in total. The highest BCUT2D eigenvalue weighted by Gasteiger charge is 2.02. The first-order valence-corrected chi connectivity index (χ1v) is 3.89. The molecule has 0 aromatic heterocycles. The van der Waals surface area contributed by atoms with Gasteiger partial charge in [0.05, 0.1) is 0 Å². The maximum Gasteiger partial charge on any atom is 0.0474 e. The summed E-state index contributed by atoms with van der Waals surface area (Å²) in [4.78, 5) is 4.27. The van der Waals surface area contributed by atoms with Crippen molar-refractivity contribution in [3.8, 4) is 0 Å². The molecular weight excluding hydrogens is 134 g/mol. The van der Waals surface area contributed by atoms with Gasteiger partial charge in [0.15, 0.2) is 0 Å². The average Bonchev–Trinajstić information content (AvgIpc) is 2.06. The van der Waals surface area contributed by atoms with E-state index < -0.39 is 0 Å². The van der Waals surface area contributed by atoms with Crippen LogP contribution in [-0.4, -0.2) is 6.21 Å². The Morgan fingerprint density at radius 3 is 3.09 bits per heavy atom. The van der Waals surface area contributed by atoms with Crippen molar-refractivity contribution in [2.75, 3.05) is 0 Å². The zero-order valence-corrected chi connectivity index (χ0v) is 6.88. The van der Waals surface area contributed by atoms with E-state index in [9.17, 15) is 0 Å². The molecule has 0 fully saturated rings. The monoisotopic (exact) mass is 147 g/mol. The standard InChI is InChI=1S/C10H13N/c1-3-9-7-5-6-8-10(9)11-4-2/h3-5,7H,1,6,8H2,2H3. The predicted molar refractivity (Wildman–Crippen MR) is 49.8 cm³/mol. The largest absolute Gasteiger partial charge is 0.265 e. The summed E-state index contributed by atoms with van der Waals surface area (Å²) < 4.78 is 0. The summed E-state index contributed by atoms with van der Waals surface area (Å²) in [5.41, 5.74) is 2.32. The van der Waals surface area contributed by atoms with Gasteiger partial charge >= 0.3 is 0 Å². The number of hydrogen-bond acceptors (Lipinski definition) is 1. The quantitative estimate of drug-likeness (QED) is 0.532. The number of rotatable bonds is 2. The molecule has 0 saturated carbocycles. The van der Waals surface area contributed by atoms with Crippen LogP contribution in [0.3, 0.4) is 0 Å². The van der Waals surface area contributed by atoms with Crippen molar-refractivity contribution < 1.29 is 0 Å². The summed E-state index contributed by atoms with van der Waals surface area (Å²) >= 11 is 0. The molecule has 1 nitrogen and oxygen atoms in total. The molecule has 0 saturated heterocycles. The molecule has 11 heavy (non-hydrogen) atoms. The van der Waals surface area contributed by atoms with Crippen LogP contribution < -0.4 is 0 Å². The molecule has 0 amide bonds. The summed E-state index contributed by atoms with van der Waals surface area (Å²) in [7, 11) is 0. The van der Waals surface area contributed by atoms with E-state index in [1.54, 1.807) is 0 Å². The third-order valence-electron chi connectivity index (χ3n) is 1.68. The van der Waals surface area contributed by atoms with Crippen LogP contribution in [-0.2, 0) is 0 Å². The van der Waals surface area contributed by atoms with Crippen LogP contribution in [0.25, 0.3) is 0 Å². The minimum atomic E-state index is 1.04. The second-order valence-electron chi connectivity index (χ2n) is 2.43. The smallest absolute Gasteiger partial charge is 0.0474 e. The van der Waals surface area contributed by atoms with Gasteiger partial charge in [0, 0.05) is 11.9 Å². The minimum Gasteiger partial charge on any atom is -0.265 e. The van der Waals surface area contributed by atoms with Crippen LogP contribution in [0.2, 0.25) is 0 Å². The topological polar surface area (TPSA) is 12.4 Å². The molecule has 1 rings (SSSR count). The molecule has 58 valence electrons. The number of allylic oxidation sites excluding steroid dienone is 5. The van der Waals surface area contributed by atoms with Gasteiger partial charge in [-0.25, -0.2) is 0 Å². The molecule has 0 atom stereocenters. The molecular formula is C10H13N. The molecule has 0 bridgehead atoms. The maximum atomic E-state index is 4.27. The zero-order valence-electron chi connectivity index (χ0n) is 6.88. The second-order valence-corrected chi connectivity index (χ2v) is 2.43. The molecule has 1 aliphatic carbocycles. The van der Waals surface area contributed by atoms with Gasteiger partial charge in [-0.2, -0.15) is 0 Å². The van der Waals surface area contributed by atoms with Crippen LogP contribution in [0, 0.1) is 0 Å². The normalized spacial score (nSPS) is 17.9. The highest BCUT2D eigenvalue weighted by molar-refractivity contribution is 5.56. The summed E-state index contributed by atoms with van der Waals surface area (Å²) in [6, 6.07) is 0. The Kier molecular flexibility index (Phi) is 2.84. The van der Waals surface area contributed by atoms with Crippen molar-refractivity contribution >= 4 is 6.21 Å². The lowest BCUT2D eigenvalue weighted by Gasteiger charge is -2.07. The Hall–Kier alpha value is -1.11. The Labute approximate surface area is 67.8 Å². The van der Waals surface area contributed by atoms with Gasteiger partial charge in [-0.05, 0) is 25.3 Å². The third kappa shape index (κ3) is 1.90. The number of nitrogens with zero attached hydrogens (tertiary/aromatic N) is 1. The van der Waals surface area contributed by atoms with E-state index in [-0.39, 0.29) is 0 Å². The van der Waals surface area contributed by atoms with E-state index >= 15 is 0 Å². The van der Waals surface area contributed by atoms with Gasteiger partial charge in [0.2, 0.25) is 0 Å². The lowest BCUT2D eigenvalue weighted by atomic mass is 10.0. The van der Waals surface area contributed by atoms with Crippen molar-refractivity contribution in [2.45, 2.75) is 19.8 Å². The highest BCUT2D eigenvalue weighted by Crippen LogP contribution is 2.19. The highest BCUT2D eigenvalue weighted by atomic mass is 14.7. The van der Waals surface area contributed by atoms with E-state index in [0.717, 1.165) is 24.1 Å². The van der Waals surface area contributed by atoms with Gasteiger partial charge in [0.25, 0.3) is 0 Å². The average molecular weight is 147 g/mol. The van der Waals surface area contributed by atoms with Gasteiger partial charge in [-0.1, -0.05) is 24.8 Å². The fraction of sp³-hybridized carbons (Fsp3) is 0.300. The minimum absolute atomic E-state index is 1.04. The van der Waals surface area contributed by atoms with Gasteiger partial charge in [-0.15, -0.1) is 0 Å². The Morgan fingerprint density at radius 1 is 1.64 bits per heavy atom. The maximum absolute atomic E-state index is 4.27. The third-order valence-corrected chi connectivity index (χ3v) is 1.68. The molecule has 0 aromatic carbocycles. The second kappa shape index (κ2) is 3.91. The van der Waals surface area contributed by atoms with Crippen molar-refractivity contribution in [2.24, 2.45) is 4.99 Å². The van der Waals surface area contributed by atoms with Crippen molar-refractivity contribution in [3.05, 3.63) is 36.1 Å². The van der Waals surface area contributed by atoms with Crippen LogP contribution in [0.1, 0.15) is 19.8 Å². The number of aliphatic imine (C=N–C) groups is 1. The molecule has 0 heterocycles. The molecule has 1 aliphatic rings. The molecule has 0 radical (unpaired) electrons. The first-order chi connectivity index (χ1) is 5.38. The van der Waals surface area contributed by atoms with Gasteiger partial charge < -0.3 is 0 Å². The van der Waals surface area contributed by atoms with Crippen LogP contribution in [0.4, 0.5) is 0 Å². The molecule has 0 aliphatic heterocycles. The van der Waals surface area contributed by atoms with Gasteiger partial charge in [0.1, 0.15) is 0 Å². The Morgan fingerprint density at radius 2 is 2.45 bits per heavy atom. The lowest BCUT2D eigenvalue weighted by molar-refractivity contribution is 0.933. The van der Waals surface area contributed by atoms with E-state index in [1.165, 1.54) is 0 Å². The summed E-state index contributed by atoms with van der Waals surface area (Å²) in [6.07, 6.45) is 10.1. The zero-order chi connectivity index (χ0) is 8.10. The summed E-state index contributed by atoms with van der Waals surface area (Å²) in [6.45, 7) is 5.67. The summed E-state index contributed by atoms with van der Waals surface area (Å²) in [5.74, 6) is 0. The summed E-state index contributed by atoms with van der Waals surface area (Å²) in [5, 5.41) is 0. The van der Waals surface area contributed by atoms with Crippen LogP contribution >= 0.6 is 0 Å². The van der Waals surface area contributed by atoms with E-state index in [4.69, 9.17) is 0 Å². The number of hydrogen-bond donors (Lipinski definition) is 0. The van der Waals surface area contributed by atoms with Crippen molar-refractivity contribution in [1.82, 2.24) is 0 Å². The Bertz CT molecular complexity index is 231. The SMILES string of the molecule is C=CC1=C(N=CC)CCC=C1. The van der Waals surface area contributed by atoms with E-state index in [0.29, 0.717) is 0 Å². The molecule has 0 spiro atoms. The predicted octanol–water partition coefficient (Wildman–Crippen LogP) is 2.87. The first kappa shape index (κ1) is 7.99. The molecule has 0 unspecified atom stereocenters. The molecule has 0 aromatic rings. The fourth-order valence-corrected chi connectivity index (χ4v) is 1.15. The van der Waals surface area contributed by atoms with Crippen LogP contribution in [0.15, 0.2) is 41.1 Å². The van der Waals surface area contributed by atoms with E-state index in [2.05, 4.69) is 23.7 Å². The molecule has 1 heteroatoms. The van der Waals surface area contributed by atoms with E-state index in [1.807, 2.05) is 19.2 Å².